The summed E-state index contributed by atoms with van der Waals surface area (Å²) in [5, 5.41) is 13.1. The molecule has 1 aromatic carbocycles. The van der Waals surface area contributed by atoms with Gasteiger partial charge in [-0.3, -0.25) is 0 Å². The number of nitrogens with one attached hydrogen (secondary N) is 1. The van der Waals surface area contributed by atoms with Crippen LogP contribution in [0.25, 0.3) is 0 Å². The van der Waals surface area contributed by atoms with Crippen LogP contribution in [0, 0.1) is 11.7 Å². The molecule has 0 heterocycles. The van der Waals surface area contributed by atoms with Crippen molar-refractivity contribution in [3.05, 3.63) is 29.6 Å². The van der Waals surface area contributed by atoms with Crippen molar-refractivity contribution in [1.29, 1.82) is 0 Å². The zero-order valence-electron chi connectivity index (χ0n) is 9.70. The fraction of sp³-hybridized carbons (Fsp3) is 0.538. The van der Waals surface area contributed by atoms with Crippen LogP contribution in [0.1, 0.15) is 38.3 Å². The molecule has 0 spiro atoms. The fourth-order valence-electron chi connectivity index (χ4n) is 2.10. The van der Waals surface area contributed by atoms with Gasteiger partial charge >= 0.3 is 0 Å². The monoisotopic (exact) mass is 223 g/mol. The zero-order valence-corrected chi connectivity index (χ0v) is 9.70. The Bertz CT molecular complexity index is 376. The first-order chi connectivity index (χ1) is 7.58. The number of hydrogen-bond donors (Lipinski definition) is 2. The molecule has 1 aromatic rings. The Labute approximate surface area is 95.5 Å². The molecule has 1 saturated carbocycles. The Hall–Kier alpha value is -1.09. The van der Waals surface area contributed by atoms with Crippen molar-refractivity contribution < 1.29 is 9.50 Å². The van der Waals surface area contributed by atoms with Gasteiger partial charge in [0, 0.05) is 23.7 Å². The van der Waals surface area contributed by atoms with Crippen molar-refractivity contribution >= 4 is 0 Å². The van der Waals surface area contributed by atoms with Gasteiger partial charge in [0.15, 0.2) is 0 Å². The second-order valence-electron chi connectivity index (χ2n) is 4.72. The van der Waals surface area contributed by atoms with E-state index in [4.69, 9.17) is 0 Å². The van der Waals surface area contributed by atoms with Crippen LogP contribution in [0.5, 0.6) is 5.75 Å². The highest BCUT2D eigenvalue weighted by Gasteiger charge is 2.29. The highest BCUT2D eigenvalue weighted by molar-refractivity contribution is 5.34. The van der Waals surface area contributed by atoms with Gasteiger partial charge in [0.05, 0.1) is 0 Å². The molecule has 0 aliphatic heterocycles. The van der Waals surface area contributed by atoms with E-state index in [1.165, 1.54) is 18.9 Å². The summed E-state index contributed by atoms with van der Waals surface area (Å²) in [7, 11) is 0. The summed E-state index contributed by atoms with van der Waals surface area (Å²) in [5.41, 5.74) is 0.758. The topological polar surface area (TPSA) is 32.3 Å². The van der Waals surface area contributed by atoms with Gasteiger partial charge in [-0.25, -0.2) is 4.39 Å². The Kier molecular flexibility index (Phi) is 3.15. The van der Waals surface area contributed by atoms with Gasteiger partial charge in [0.2, 0.25) is 0 Å². The molecule has 2 N–H and O–H groups in total. The van der Waals surface area contributed by atoms with Crippen LogP contribution in [-0.2, 0) is 0 Å². The normalized spacial score (nSPS) is 19.4. The molecule has 1 aliphatic rings. The van der Waals surface area contributed by atoms with Crippen molar-refractivity contribution in [1.82, 2.24) is 5.32 Å². The number of halogens is 1. The molecule has 0 amide bonds. The van der Waals surface area contributed by atoms with Gasteiger partial charge in [-0.15, -0.1) is 0 Å². The molecule has 2 atom stereocenters. The van der Waals surface area contributed by atoms with Crippen LogP contribution < -0.4 is 5.32 Å². The second kappa shape index (κ2) is 4.42. The third-order valence-electron chi connectivity index (χ3n) is 3.30. The summed E-state index contributed by atoms with van der Waals surface area (Å²) in [4.78, 5) is 0. The lowest BCUT2D eigenvalue weighted by molar-refractivity contribution is 0.414. The Balaban J connectivity index is 2.04. The summed E-state index contributed by atoms with van der Waals surface area (Å²) in [5.74, 6) is 0.400. The molecule has 1 aliphatic carbocycles. The lowest BCUT2D eigenvalue weighted by Crippen LogP contribution is -2.30. The maximum Gasteiger partial charge on any atom is 0.126 e. The van der Waals surface area contributed by atoms with E-state index in [2.05, 4.69) is 12.2 Å². The maximum absolute atomic E-state index is 12.8. The SMILES string of the molecule is CC(NC(C)C1CC1)c1ccc(F)cc1O. The third-order valence-corrected chi connectivity index (χ3v) is 3.30. The van der Waals surface area contributed by atoms with Crippen molar-refractivity contribution in [3.8, 4) is 5.75 Å². The van der Waals surface area contributed by atoms with E-state index in [0.29, 0.717) is 6.04 Å². The van der Waals surface area contributed by atoms with Crippen molar-refractivity contribution in [3.63, 3.8) is 0 Å². The maximum atomic E-state index is 12.8. The van der Waals surface area contributed by atoms with Gasteiger partial charge in [-0.2, -0.15) is 0 Å². The number of aromatic hydroxyl groups is 1. The number of phenolic OH excluding ortho intramolecular Hbond substituents is 1. The summed E-state index contributed by atoms with van der Waals surface area (Å²) < 4.78 is 12.8. The molecule has 88 valence electrons. The quantitative estimate of drug-likeness (QED) is 0.822. The van der Waals surface area contributed by atoms with Crippen molar-refractivity contribution in [2.24, 2.45) is 5.92 Å². The molecule has 16 heavy (non-hydrogen) atoms. The average molecular weight is 223 g/mol. The Morgan fingerprint density at radius 1 is 1.38 bits per heavy atom. The van der Waals surface area contributed by atoms with E-state index in [0.717, 1.165) is 17.5 Å². The van der Waals surface area contributed by atoms with Crippen LogP contribution in [0.3, 0.4) is 0 Å². The van der Waals surface area contributed by atoms with Crippen molar-refractivity contribution in [2.45, 2.75) is 38.8 Å². The van der Waals surface area contributed by atoms with E-state index < -0.39 is 5.82 Å². The number of benzene rings is 1. The van der Waals surface area contributed by atoms with Crippen LogP contribution >= 0.6 is 0 Å². The number of phenols is 1. The fourth-order valence-corrected chi connectivity index (χ4v) is 2.10. The largest absolute Gasteiger partial charge is 0.508 e. The van der Waals surface area contributed by atoms with Gasteiger partial charge in [0.25, 0.3) is 0 Å². The first kappa shape index (κ1) is 11.4. The van der Waals surface area contributed by atoms with E-state index >= 15 is 0 Å². The van der Waals surface area contributed by atoms with Gasteiger partial charge in [-0.05, 0) is 38.7 Å². The minimum absolute atomic E-state index is 0.0306. The summed E-state index contributed by atoms with van der Waals surface area (Å²) >= 11 is 0. The lowest BCUT2D eigenvalue weighted by Gasteiger charge is -2.20. The molecule has 2 rings (SSSR count). The van der Waals surface area contributed by atoms with Gasteiger partial charge < -0.3 is 10.4 Å². The van der Waals surface area contributed by atoms with Crippen LogP contribution in [0.2, 0.25) is 0 Å². The molecule has 3 heteroatoms. The third kappa shape index (κ3) is 2.53. The molecule has 1 fully saturated rings. The highest BCUT2D eigenvalue weighted by atomic mass is 19.1. The smallest absolute Gasteiger partial charge is 0.126 e. The summed E-state index contributed by atoms with van der Waals surface area (Å²) in [6.07, 6.45) is 2.58. The van der Waals surface area contributed by atoms with E-state index in [1.807, 2.05) is 6.92 Å². The predicted molar refractivity (Wildman–Crippen MR) is 61.8 cm³/mol. The van der Waals surface area contributed by atoms with E-state index in [-0.39, 0.29) is 11.8 Å². The Morgan fingerprint density at radius 2 is 2.06 bits per heavy atom. The molecule has 0 saturated heterocycles. The molecule has 2 unspecified atom stereocenters. The molecule has 0 radical (unpaired) electrons. The van der Waals surface area contributed by atoms with Crippen LogP contribution in [0.15, 0.2) is 18.2 Å². The zero-order chi connectivity index (χ0) is 11.7. The molecular formula is C13H18FNO. The van der Waals surface area contributed by atoms with E-state index in [9.17, 15) is 9.50 Å². The average Bonchev–Trinajstić information content (AvgIpc) is 2.99. The van der Waals surface area contributed by atoms with Crippen LogP contribution in [0.4, 0.5) is 4.39 Å². The van der Waals surface area contributed by atoms with Crippen molar-refractivity contribution in [2.75, 3.05) is 0 Å². The molecule has 0 bridgehead atoms. The summed E-state index contributed by atoms with van der Waals surface area (Å²) in [6.45, 7) is 4.15. The van der Waals surface area contributed by atoms with Crippen LogP contribution in [-0.4, -0.2) is 11.1 Å². The summed E-state index contributed by atoms with van der Waals surface area (Å²) in [6, 6.07) is 4.70. The Morgan fingerprint density at radius 3 is 2.62 bits per heavy atom. The number of hydrogen-bond acceptors (Lipinski definition) is 2. The van der Waals surface area contributed by atoms with Gasteiger partial charge in [0.1, 0.15) is 11.6 Å². The first-order valence-corrected chi connectivity index (χ1v) is 5.82. The van der Waals surface area contributed by atoms with Gasteiger partial charge in [-0.1, -0.05) is 6.07 Å². The molecule has 0 aromatic heterocycles. The lowest BCUT2D eigenvalue weighted by atomic mass is 10.1. The number of rotatable bonds is 4. The molecule has 2 nitrogen and oxygen atoms in total. The second-order valence-corrected chi connectivity index (χ2v) is 4.72. The minimum atomic E-state index is -0.399. The van der Waals surface area contributed by atoms with E-state index in [1.54, 1.807) is 6.07 Å². The predicted octanol–water partition coefficient (Wildman–Crippen LogP) is 2.98. The minimum Gasteiger partial charge on any atom is -0.508 e. The highest BCUT2D eigenvalue weighted by Crippen LogP contribution is 2.34. The molecular weight excluding hydrogens is 205 g/mol. The first-order valence-electron chi connectivity index (χ1n) is 5.82. The standard InChI is InChI=1S/C13H18FNO/c1-8(10-3-4-10)15-9(2)12-6-5-11(14)7-13(12)16/h5-10,15-16H,3-4H2,1-2H3.